The molecule has 5 heterocycles. The summed E-state index contributed by atoms with van der Waals surface area (Å²) in [5.41, 5.74) is 3.00. The summed E-state index contributed by atoms with van der Waals surface area (Å²) in [6, 6.07) is 8.09. The molecular formula is C29H38N6O4S. The number of carbonyl (C=O) groups is 1. The smallest absolute Gasteiger partial charge is 0.224 e. The zero-order valence-corrected chi connectivity index (χ0v) is 24.0. The van der Waals surface area contributed by atoms with Crippen molar-refractivity contribution in [2.24, 2.45) is 0 Å². The maximum Gasteiger partial charge on any atom is 0.224 e. The average molecular weight is 567 g/mol. The van der Waals surface area contributed by atoms with Crippen LogP contribution in [0.5, 0.6) is 5.75 Å². The second-order valence-corrected chi connectivity index (χ2v) is 11.3. The molecule has 0 spiro atoms. The summed E-state index contributed by atoms with van der Waals surface area (Å²) < 4.78 is 16.8. The number of pyridine rings is 1. The minimum atomic E-state index is -0.0751. The van der Waals surface area contributed by atoms with E-state index in [1.807, 2.05) is 23.2 Å². The van der Waals surface area contributed by atoms with Gasteiger partial charge in [0.25, 0.3) is 0 Å². The number of amides is 1. The summed E-state index contributed by atoms with van der Waals surface area (Å²) in [6.07, 6.45) is 3.23. The van der Waals surface area contributed by atoms with Crippen molar-refractivity contribution in [2.75, 3.05) is 95.7 Å². The standard InChI is InChI=1S/C29H38N6O4S/c1-37-25-6-5-22-4-2-7-30-27(22)28(25)34-9-3-8-32(10-11-34)24(20-26(36)33-12-16-38-17-13-33)23-21-40-29(31-23)35-14-18-39-19-15-35/h2,4-7,21,24H,3,8-20H2,1H3/t24-/m1/s1. The Bertz CT molecular complexity index is 1290. The topological polar surface area (TPSA) is 83.5 Å². The molecule has 3 aliphatic heterocycles. The molecule has 0 unspecified atom stereocenters. The number of nitrogens with zero attached hydrogens (tertiary/aromatic N) is 6. The summed E-state index contributed by atoms with van der Waals surface area (Å²) >= 11 is 1.67. The van der Waals surface area contributed by atoms with Gasteiger partial charge in [-0.2, -0.15) is 0 Å². The number of benzene rings is 1. The van der Waals surface area contributed by atoms with Gasteiger partial charge in [-0.15, -0.1) is 11.3 Å². The highest BCUT2D eigenvalue weighted by Crippen LogP contribution is 2.37. The second-order valence-electron chi connectivity index (χ2n) is 10.4. The maximum absolute atomic E-state index is 13.5. The molecule has 2 aromatic heterocycles. The molecule has 11 heteroatoms. The van der Waals surface area contributed by atoms with Crippen molar-refractivity contribution in [1.82, 2.24) is 19.8 Å². The summed E-state index contributed by atoms with van der Waals surface area (Å²) in [4.78, 5) is 32.4. The molecule has 40 heavy (non-hydrogen) atoms. The fraction of sp³-hybridized carbons (Fsp3) is 0.552. The number of aromatic nitrogens is 2. The molecule has 0 bridgehead atoms. The summed E-state index contributed by atoms with van der Waals surface area (Å²) in [5, 5.41) is 4.28. The average Bonchev–Trinajstić information content (AvgIpc) is 3.38. The predicted octanol–water partition coefficient (Wildman–Crippen LogP) is 3.04. The van der Waals surface area contributed by atoms with Crippen LogP contribution in [0.1, 0.15) is 24.6 Å². The molecule has 3 aromatic rings. The van der Waals surface area contributed by atoms with E-state index in [1.54, 1.807) is 18.4 Å². The van der Waals surface area contributed by atoms with Gasteiger partial charge in [-0.1, -0.05) is 6.07 Å². The molecule has 1 amide bonds. The van der Waals surface area contributed by atoms with E-state index in [2.05, 4.69) is 32.2 Å². The van der Waals surface area contributed by atoms with Gasteiger partial charge < -0.3 is 28.9 Å². The van der Waals surface area contributed by atoms with Gasteiger partial charge in [0.1, 0.15) is 11.4 Å². The number of carbonyl (C=O) groups excluding carboxylic acids is 1. The summed E-state index contributed by atoms with van der Waals surface area (Å²) in [7, 11) is 1.72. The number of anilines is 2. The Balaban J connectivity index is 1.25. The number of hydrogen-bond acceptors (Lipinski definition) is 10. The Kier molecular flexibility index (Phi) is 8.62. The van der Waals surface area contributed by atoms with Crippen molar-refractivity contribution in [3.05, 3.63) is 41.5 Å². The zero-order valence-electron chi connectivity index (χ0n) is 23.2. The summed E-state index contributed by atoms with van der Waals surface area (Å²) in [6.45, 7) is 9.09. The highest BCUT2D eigenvalue weighted by atomic mass is 32.1. The van der Waals surface area contributed by atoms with Crippen LogP contribution in [0.4, 0.5) is 10.8 Å². The largest absolute Gasteiger partial charge is 0.494 e. The Morgan fingerprint density at radius 3 is 2.58 bits per heavy atom. The third kappa shape index (κ3) is 5.88. The molecule has 3 fully saturated rings. The number of thiazole rings is 1. The molecule has 0 saturated carbocycles. The van der Waals surface area contributed by atoms with E-state index in [9.17, 15) is 4.79 Å². The minimum absolute atomic E-state index is 0.0751. The second kappa shape index (κ2) is 12.7. The Labute approximate surface area is 239 Å². The van der Waals surface area contributed by atoms with E-state index in [1.165, 1.54) is 0 Å². The van der Waals surface area contributed by atoms with Crippen LogP contribution in [0.25, 0.3) is 10.9 Å². The van der Waals surface area contributed by atoms with Gasteiger partial charge in [-0.3, -0.25) is 14.7 Å². The van der Waals surface area contributed by atoms with Crippen LogP contribution in [0.15, 0.2) is 35.8 Å². The van der Waals surface area contributed by atoms with E-state index in [0.717, 1.165) is 92.1 Å². The quantitative estimate of drug-likeness (QED) is 0.429. The van der Waals surface area contributed by atoms with E-state index in [0.29, 0.717) is 32.7 Å². The molecule has 6 rings (SSSR count). The van der Waals surface area contributed by atoms with Gasteiger partial charge in [0, 0.05) is 75.7 Å². The number of rotatable bonds is 7. The molecule has 0 aliphatic carbocycles. The molecule has 1 atom stereocenters. The third-order valence-electron chi connectivity index (χ3n) is 8.08. The lowest BCUT2D eigenvalue weighted by atomic mass is 10.1. The molecule has 0 radical (unpaired) electrons. The minimum Gasteiger partial charge on any atom is -0.494 e. The lowest BCUT2D eigenvalue weighted by Crippen LogP contribution is -2.43. The van der Waals surface area contributed by atoms with Gasteiger partial charge in [0.05, 0.1) is 50.8 Å². The van der Waals surface area contributed by atoms with Crippen molar-refractivity contribution in [1.29, 1.82) is 0 Å². The lowest BCUT2D eigenvalue weighted by Gasteiger charge is -2.33. The maximum atomic E-state index is 13.5. The first-order chi connectivity index (χ1) is 19.7. The van der Waals surface area contributed by atoms with E-state index in [4.69, 9.17) is 24.2 Å². The monoisotopic (exact) mass is 566 g/mol. The first-order valence-electron chi connectivity index (χ1n) is 14.3. The van der Waals surface area contributed by atoms with Crippen molar-refractivity contribution < 1.29 is 19.0 Å². The lowest BCUT2D eigenvalue weighted by molar-refractivity contribution is -0.136. The normalized spacial score (nSPS) is 20.0. The highest BCUT2D eigenvalue weighted by Gasteiger charge is 2.31. The molecule has 214 valence electrons. The Morgan fingerprint density at radius 1 is 0.975 bits per heavy atom. The number of hydrogen-bond donors (Lipinski definition) is 0. The van der Waals surface area contributed by atoms with Crippen LogP contribution >= 0.6 is 11.3 Å². The molecule has 1 aromatic carbocycles. The van der Waals surface area contributed by atoms with Crippen LogP contribution in [0, 0.1) is 0 Å². The fourth-order valence-corrected chi connectivity index (χ4v) is 6.84. The number of methoxy groups -OCH3 is 1. The van der Waals surface area contributed by atoms with Crippen molar-refractivity contribution in [2.45, 2.75) is 18.9 Å². The fourth-order valence-electron chi connectivity index (χ4n) is 5.91. The van der Waals surface area contributed by atoms with Crippen molar-refractivity contribution in [3.8, 4) is 5.75 Å². The molecule has 10 nitrogen and oxygen atoms in total. The van der Waals surface area contributed by atoms with Crippen LogP contribution in [0.3, 0.4) is 0 Å². The number of morpholine rings is 2. The molecule has 0 N–H and O–H groups in total. The Morgan fingerprint density at radius 2 is 1.77 bits per heavy atom. The van der Waals surface area contributed by atoms with Crippen LogP contribution < -0.4 is 14.5 Å². The van der Waals surface area contributed by atoms with Gasteiger partial charge in [0.2, 0.25) is 5.91 Å². The zero-order chi connectivity index (χ0) is 27.3. The van der Waals surface area contributed by atoms with Crippen molar-refractivity contribution >= 4 is 39.0 Å². The molecule has 3 aliphatic rings. The van der Waals surface area contributed by atoms with Crippen LogP contribution in [0.2, 0.25) is 0 Å². The molecule has 3 saturated heterocycles. The summed E-state index contributed by atoms with van der Waals surface area (Å²) in [5.74, 6) is 1.02. The highest BCUT2D eigenvalue weighted by molar-refractivity contribution is 7.13. The predicted molar refractivity (Wildman–Crippen MR) is 157 cm³/mol. The third-order valence-corrected chi connectivity index (χ3v) is 9.00. The van der Waals surface area contributed by atoms with Crippen LogP contribution in [-0.2, 0) is 14.3 Å². The van der Waals surface area contributed by atoms with Gasteiger partial charge in [0.15, 0.2) is 5.13 Å². The van der Waals surface area contributed by atoms with Gasteiger partial charge in [-0.25, -0.2) is 4.98 Å². The van der Waals surface area contributed by atoms with Gasteiger partial charge >= 0.3 is 0 Å². The molecular weight excluding hydrogens is 528 g/mol. The Hall–Kier alpha value is -2.99. The van der Waals surface area contributed by atoms with E-state index < -0.39 is 0 Å². The van der Waals surface area contributed by atoms with E-state index in [-0.39, 0.29) is 11.9 Å². The number of fused-ring (bicyclic) bond motifs is 1. The SMILES string of the molecule is COc1ccc2cccnc2c1N1CCCN([C@H](CC(=O)N2CCOCC2)c2csc(N3CCOCC3)n2)CC1. The van der Waals surface area contributed by atoms with Gasteiger partial charge in [-0.05, 0) is 24.6 Å². The van der Waals surface area contributed by atoms with E-state index >= 15 is 0 Å². The number of ether oxygens (including phenoxy) is 3. The first-order valence-corrected chi connectivity index (χ1v) is 15.1. The van der Waals surface area contributed by atoms with Crippen LogP contribution in [-0.4, -0.2) is 112 Å². The first kappa shape index (κ1) is 27.2. The van der Waals surface area contributed by atoms with Crippen molar-refractivity contribution in [3.63, 3.8) is 0 Å².